The summed E-state index contributed by atoms with van der Waals surface area (Å²) in [7, 11) is -1.16. The first-order valence-electron chi connectivity index (χ1n) is 6.72. The van der Waals surface area contributed by atoms with E-state index in [2.05, 4.69) is 26.2 Å². The summed E-state index contributed by atoms with van der Waals surface area (Å²) in [5.41, 5.74) is 1.17. The molecule has 1 atom stereocenters. The van der Waals surface area contributed by atoms with Gasteiger partial charge < -0.3 is 0 Å². The second kappa shape index (κ2) is 5.82. The fraction of sp³-hybridized carbons (Fsp3) is 0.714. The van der Waals surface area contributed by atoms with Crippen molar-refractivity contribution in [1.82, 2.24) is 4.90 Å². The number of amides is 2. The molecule has 0 aromatic heterocycles. The van der Waals surface area contributed by atoms with E-state index in [-0.39, 0.29) is 17.9 Å². The molecule has 0 unspecified atom stereocenters. The van der Waals surface area contributed by atoms with Crippen LogP contribution in [0.1, 0.15) is 32.6 Å². The number of carbonyl (C=O) groups excluding carboxylic acids is 2. The van der Waals surface area contributed by atoms with Gasteiger partial charge in [0.1, 0.15) is 0 Å². The van der Waals surface area contributed by atoms with Crippen LogP contribution >= 0.6 is 0 Å². The van der Waals surface area contributed by atoms with Crippen LogP contribution in [0.15, 0.2) is 12.2 Å². The van der Waals surface area contributed by atoms with Crippen LogP contribution in [-0.2, 0) is 9.59 Å². The van der Waals surface area contributed by atoms with E-state index in [1.54, 1.807) is 0 Å². The van der Waals surface area contributed by atoms with Crippen LogP contribution < -0.4 is 0 Å². The molecule has 18 heavy (non-hydrogen) atoms. The van der Waals surface area contributed by atoms with Gasteiger partial charge in [0.15, 0.2) is 0 Å². The summed E-state index contributed by atoms with van der Waals surface area (Å²) in [6, 6.07) is 1.03. The van der Waals surface area contributed by atoms with Crippen LogP contribution in [0.2, 0.25) is 25.7 Å². The van der Waals surface area contributed by atoms with Gasteiger partial charge in [-0.25, -0.2) is 0 Å². The number of likely N-dealkylation sites (tertiary alicyclic amines) is 1. The molecular weight excluding hydrogens is 242 g/mol. The first-order valence-corrected chi connectivity index (χ1v) is 10.4. The normalized spacial score (nSPS) is 19.0. The third kappa shape index (κ3) is 4.41. The third-order valence-electron chi connectivity index (χ3n) is 3.12. The van der Waals surface area contributed by atoms with E-state index in [0.29, 0.717) is 19.3 Å². The fourth-order valence-electron chi connectivity index (χ4n) is 2.59. The molecule has 1 aliphatic heterocycles. The number of piperidine rings is 1. The van der Waals surface area contributed by atoms with Crippen molar-refractivity contribution >= 4 is 19.9 Å². The Bertz CT molecular complexity index is 341. The molecule has 0 aliphatic carbocycles. The molecular formula is C14H25NO2Si. The maximum absolute atomic E-state index is 11.8. The molecule has 1 heterocycles. The van der Waals surface area contributed by atoms with Crippen LogP contribution in [-0.4, -0.2) is 30.8 Å². The van der Waals surface area contributed by atoms with Gasteiger partial charge in [-0.2, -0.15) is 0 Å². The van der Waals surface area contributed by atoms with Crippen LogP contribution in [0.4, 0.5) is 0 Å². The zero-order chi connectivity index (χ0) is 13.9. The fourth-order valence-corrected chi connectivity index (χ4v) is 4.24. The van der Waals surface area contributed by atoms with Crippen molar-refractivity contribution < 1.29 is 9.59 Å². The number of hydrogen-bond donors (Lipinski definition) is 0. The highest BCUT2D eigenvalue weighted by Gasteiger charge is 2.30. The van der Waals surface area contributed by atoms with Crippen molar-refractivity contribution in [1.29, 1.82) is 0 Å². The molecule has 1 rings (SSSR count). The van der Waals surface area contributed by atoms with Gasteiger partial charge in [-0.15, -0.1) is 6.58 Å². The molecule has 2 amide bonds. The van der Waals surface area contributed by atoms with Gasteiger partial charge >= 0.3 is 0 Å². The number of nitrogens with zero attached hydrogens (tertiary/aromatic N) is 1. The van der Waals surface area contributed by atoms with Gasteiger partial charge in [-0.05, 0) is 25.8 Å². The minimum atomic E-state index is -1.16. The van der Waals surface area contributed by atoms with Gasteiger partial charge in [0.25, 0.3) is 0 Å². The average molecular weight is 267 g/mol. The second-order valence-electron chi connectivity index (χ2n) is 6.55. The SMILES string of the molecule is C=C(C[C@@H](C)N1C(=O)CCCC1=O)C[Si](C)(C)C. The third-order valence-corrected chi connectivity index (χ3v) is 4.68. The Morgan fingerprint density at radius 1 is 1.28 bits per heavy atom. The number of carbonyl (C=O) groups is 2. The molecule has 1 aliphatic rings. The van der Waals surface area contributed by atoms with E-state index < -0.39 is 8.07 Å². The minimum Gasteiger partial charge on any atom is -0.279 e. The maximum atomic E-state index is 11.8. The summed E-state index contributed by atoms with van der Waals surface area (Å²) < 4.78 is 0. The Morgan fingerprint density at radius 3 is 2.22 bits per heavy atom. The topological polar surface area (TPSA) is 37.4 Å². The van der Waals surface area contributed by atoms with Crippen molar-refractivity contribution in [2.24, 2.45) is 0 Å². The minimum absolute atomic E-state index is 0.0143. The molecule has 1 fully saturated rings. The first-order chi connectivity index (χ1) is 8.20. The average Bonchev–Trinajstić information content (AvgIpc) is 2.13. The van der Waals surface area contributed by atoms with Crippen molar-refractivity contribution in [2.45, 2.75) is 64.3 Å². The number of imide groups is 1. The lowest BCUT2D eigenvalue weighted by atomic mass is 10.0. The highest BCUT2D eigenvalue weighted by Crippen LogP contribution is 2.23. The molecule has 4 heteroatoms. The van der Waals surface area contributed by atoms with E-state index in [0.717, 1.165) is 12.5 Å². The molecule has 0 aromatic carbocycles. The van der Waals surface area contributed by atoms with E-state index in [1.165, 1.54) is 10.5 Å². The predicted molar refractivity (Wildman–Crippen MR) is 77.1 cm³/mol. The zero-order valence-electron chi connectivity index (χ0n) is 12.1. The number of rotatable bonds is 5. The van der Waals surface area contributed by atoms with E-state index in [4.69, 9.17) is 0 Å². The Balaban J connectivity index is 2.59. The van der Waals surface area contributed by atoms with Crippen molar-refractivity contribution in [3.63, 3.8) is 0 Å². The smallest absolute Gasteiger partial charge is 0.229 e. The highest BCUT2D eigenvalue weighted by atomic mass is 28.3. The van der Waals surface area contributed by atoms with Gasteiger partial charge in [-0.1, -0.05) is 25.2 Å². The molecule has 0 spiro atoms. The lowest BCUT2D eigenvalue weighted by Crippen LogP contribution is -2.46. The van der Waals surface area contributed by atoms with Gasteiger partial charge in [0.2, 0.25) is 11.8 Å². The van der Waals surface area contributed by atoms with E-state index in [1.807, 2.05) is 6.92 Å². The summed E-state index contributed by atoms with van der Waals surface area (Å²) >= 11 is 0. The molecule has 0 saturated carbocycles. The monoisotopic (exact) mass is 267 g/mol. The lowest BCUT2D eigenvalue weighted by molar-refractivity contribution is -0.150. The summed E-state index contributed by atoms with van der Waals surface area (Å²) in [5, 5.41) is 0. The van der Waals surface area contributed by atoms with Crippen LogP contribution in [0.25, 0.3) is 0 Å². The van der Waals surface area contributed by atoms with Crippen molar-refractivity contribution in [2.75, 3.05) is 0 Å². The lowest BCUT2D eigenvalue weighted by Gasteiger charge is -2.31. The predicted octanol–water partition coefficient (Wildman–Crippen LogP) is 3.20. The molecule has 0 bridgehead atoms. The molecule has 0 N–H and O–H groups in total. The second-order valence-corrected chi connectivity index (χ2v) is 12.0. The maximum Gasteiger partial charge on any atom is 0.229 e. The standard InChI is InChI=1S/C14H25NO2Si/c1-11(10-18(3,4)5)9-12(2)15-13(16)7-6-8-14(15)17/h12H,1,6-10H2,2-5H3/t12-/m1/s1. The highest BCUT2D eigenvalue weighted by molar-refractivity contribution is 6.76. The molecule has 102 valence electrons. The van der Waals surface area contributed by atoms with Gasteiger partial charge in [-0.3, -0.25) is 14.5 Å². The summed E-state index contributed by atoms with van der Waals surface area (Å²) in [6.45, 7) is 13.0. The van der Waals surface area contributed by atoms with Gasteiger partial charge in [0, 0.05) is 27.0 Å². The molecule has 0 radical (unpaired) electrons. The molecule has 0 aromatic rings. The number of hydrogen-bond acceptors (Lipinski definition) is 2. The summed E-state index contributed by atoms with van der Waals surface area (Å²) in [6.07, 6.45) is 2.48. The van der Waals surface area contributed by atoms with Gasteiger partial charge in [0.05, 0.1) is 0 Å². The molecule has 1 saturated heterocycles. The van der Waals surface area contributed by atoms with Crippen LogP contribution in [0.3, 0.4) is 0 Å². The van der Waals surface area contributed by atoms with E-state index in [9.17, 15) is 9.59 Å². The first kappa shape index (κ1) is 15.2. The van der Waals surface area contributed by atoms with Crippen LogP contribution in [0.5, 0.6) is 0 Å². The summed E-state index contributed by atoms with van der Waals surface area (Å²) in [5.74, 6) is -0.0286. The zero-order valence-corrected chi connectivity index (χ0v) is 13.1. The van der Waals surface area contributed by atoms with Crippen molar-refractivity contribution in [3.8, 4) is 0 Å². The Labute approximate surface area is 111 Å². The van der Waals surface area contributed by atoms with Crippen molar-refractivity contribution in [3.05, 3.63) is 12.2 Å². The Hall–Kier alpha value is -0.903. The van der Waals surface area contributed by atoms with E-state index >= 15 is 0 Å². The van der Waals surface area contributed by atoms with Crippen LogP contribution in [0, 0.1) is 0 Å². The largest absolute Gasteiger partial charge is 0.279 e. The quantitative estimate of drug-likeness (QED) is 0.436. The Morgan fingerprint density at radius 2 is 1.78 bits per heavy atom. The Kier molecular flexibility index (Phi) is 4.90. The summed E-state index contributed by atoms with van der Waals surface area (Å²) in [4.78, 5) is 25.1. The molecule has 3 nitrogen and oxygen atoms in total.